The van der Waals surface area contributed by atoms with Crippen molar-refractivity contribution in [2.24, 2.45) is 17.3 Å². The van der Waals surface area contributed by atoms with Crippen LogP contribution in [0.1, 0.15) is 71.1 Å². The topological polar surface area (TPSA) is 83.8 Å². The number of hydrogen-bond acceptors (Lipinski definition) is 5. The molecule has 0 aromatic carbocycles. The molecule has 0 bridgehead atoms. The second kappa shape index (κ2) is 9.65. The van der Waals surface area contributed by atoms with Gasteiger partial charge in [0.05, 0.1) is 19.3 Å². The van der Waals surface area contributed by atoms with Crippen LogP contribution in [0, 0.1) is 17.3 Å². The van der Waals surface area contributed by atoms with E-state index in [-0.39, 0.29) is 35.4 Å². The molecule has 2 aliphatic carbocycles. The van der Waals surface area contributed by atoms with Crippen molar-refractivity contribution in [1.82, 2.24) is 0 Å². The van der Waals surface area contributed by atoms with Crippen LogP contribution in [0.25, 0.3) is 0 Å². The highest BCUT2D eigenvalue weighted by Gasteiger charge is 2.41. The van der Waals surface area contributed by atoms with Gasteiger partial charge in [-0.15, -0.1) is 0 Å². The standard InChI is InChI=1S/C21H34O5/c1-21(12-7-13-21)19(24)11-10-16-15(17(22)14-18(16)23)8-5-3-4-6-9-20(25)26-2/h10-11,15-16,18-19,23-24H,3-9,12-14H2,1-2H3/b11-10+/t15-,16-,18-,19-/m1/s1. The zero-order valence-corrected chi connectivity index (χ0v) is 16.2. The minimum Gasteiger partial charge on any atom is -0.469 e. The molecule has 2 aliphatic rings. The Morgan fingerprint density at radius 1 is 1.31 bits per heavy atom. The molecular weight excluding hydrogens is 332 g/mol. The van der Waals surface area contributed by atoms with Gasteiger partial charge in [-0.3, -0.25) is 9.59 Å². The average molecular weight is 366 g/mol. The number of esters is 1. The van der Waals surface area contributed by atoms with Gasteiger partial charge in [0.1, 0.15) is 5.78 Å². The summed E-state index contributed by atoms with van der Waals surface area (Å²) in [5.41, 5.74) is -0.0425. The van der Waals surface area contributed by atoms with E-state index in [4.69, 9.17) is 0 Å². The van der Waals surface area contributed by atoms with Crippen LogP contribution in [0.2, 0.25) is 0 Å². The molecule has 5 heteroatoms. The zero-order valence-electron chi connectivity index (χ0n) is 16.2. The number of carbonyl (C=O) groups excluding carboxylic acids is 2. The molecule has 0 radical (unpaired) electrons. The summed E-state index contributed by atoms with van der Waals surface area (Å²) in [5.74, 6) is -0.381. The Morgan fingerprint density at radius 2 is 2.00 bits per heavy atom. The molecule has 0 unspecified atom stereocenters. The molecule has 0 heterocycles. The van der Waals surface area contributed by atoms with Crippen LogP contribution in [-0.4, -0.2) is 41.3 Å². The fraction of sp³-hybridized carbons (Fsp3) is 0.810. The van der Waals surface area contributed by atoms with Gasteiger partial charge in [0.15, 0.2) is 0 Å². The highest BCUT2D eigenvalue weighted by molar-refractivity contribution is 5.84. The van der Waals surface area contributed by atoms with Gasteiger partial charge in [0, 0.05) is 24.7 Å². The van der Waals surface area contributed by atoms with Gasteiger partial charge in [-0.2, -0.15) is 0 Å². The lowest BCUT2D eigenvalue weighted by molar-refractivity contribution is -0.140. The lowest BCUT2D eigenvalue weighted by Gasteiger charge is -2.41. The Bertz CT molecular complexity index is 509. The van der Waals surface area contributed by atoms with Gasteiger partial charge < -0.3 is 14.9 Å². The van der Waals surface area contributed by atoms with Crippen LogP contribution in [-0.2, 0) is 14.3 Å². The summed E-state index contributed by atoms with van der Waals surface area (Å²) in [5, 5.41) is 20.6. The van der Waals surface area contributed by atoms with E-state index >= 15 is 0 Å². The molecule has 0 aromatic heterocycles. The summed E-state index contributed by atoms with van der Waals surface area (Å²) in [4.78, 5) is 23.3. The van der Waals surface area contributed by atoms with Crippen molar-refractivity contribution in [2.45, 2.75) is 83.3 Å². The molecule has 5 nitrogen and oxygen atoms in total. The number of methoxy groups -OCH3 is 1. The number of rotatable bonds is 10. The number of aliphatic hydroxyl groups is 2. The van der Waals surface area contributed by atoms with Crippen molar-refractivity contribution in [1.29, 1.82) is 0 Å². The minimum absolute atomic E-state index is 0.0425. The summed E-state index contributed by atoms with van der Waals surface area (Å²) in [7, 11) is 1.40. The maximum Gasteiger partial charge on any atom is 0.305 e. The van der Waals surface area contributed by atoms with Crippen molar-refractivity contribution in [3.05, 3.63) is 12.2 Å². The van der Waals surface area contributed by atoms with Gasteiger partial charge in [-0.25, -0.2) is 0 Å². The molecule has 0 amide bonds. The third-order valence-corrected chi connectivity index (χ3v) is 6.33. The molecule has 148 valence electrons. The van der Waals surface area contributed by atoms with Gasteiger partial charge >= 0.3 is 5.97 Å². The quantitative estimate of drug-likeness (QED) is 0.352. The highest BCUT2D eigenvalue weighted by Crippen LogP contribution is 2.44. The van der Waals surface area contributed by atoms with Crippen molar-refractivity contribution < 1.29 is 24.5 Å². The van der Waals surface area contributed by atoms with Gasteiger partial charge in [0.2, 0.25) is 0 Å². The summed E-state index contributed by atoms with van der Waals surface area (Å²) >= 11 is 0. The lowest BCUT2D eigenvalue weighted by atomic mass is 9.66. The van der Waals surface area contributed by atoms with Crippen LogP contribution >= 0.6 is 0 Å². The van der Waals surface area contributed by atoms with Crippen LogP contribution in [0.5, 0.6) is 0 Å². The first-order valence-corrected chi connectivity index (χ1v) is 10.0. The van der Waals surface area contributed by atoms with Crippen molar-refractivity contribution >= 4 is 11.8 Å². The molecule has 26 heavy (non-hydrogen) atoms. The van der Waals surface area contributed by atoms with Crippen LogP contribution in [0.15, 0.2) is 12.2 Å². The van der Waals surface area contributed by atoms with E-state index in [1.807, 2.05) is 6.08 Å². The Hall–Kier alpha value is -1.20. The van der Waals surface area contributed by atoms with Crippen molar-refractivity contribution in [3.63, 3.8) is 0 Å². The first-order valence-electron chi connectivity index (χ1n) is 10.0. The van der Waals surface area contributed by atoms with E-state index < -0.39 is 12.2 Å². The molecule has 2 rings (SSSR count). The minimum atomic E-state index is -0.635. The first kappa shape index (κ1) is 21.1. The summed E-state index contributed by atoms with van der Waals surface area (Å²) in [6, 6.07) is 0. The third-order valence-electron chi connectivity index (χ3n) is 6.33. The Morgan fingerprint density at radius 3 is 2.62 bits per heavy atom. The summed E-state index contributed by atoms with van der Waals surface area (Å²) < 4.78 is 4.62. The first-order chi connectivity index (χ1) is 12.4. The van der Waals surface area contributed by atoms with E-state index in [1.165, 1.54) is 7.11 Å². The molecule has 4 atom stereocenters. The summed E-state index contributed by atoms with van der Waals surface area (Å²) in [6.07, 6.45) is 10.8. The van der Waals surface area contributed by atoms with E-state index in [2.05, 4.69) is 11.7 Å². The number of unbranched alkanes of at least 4 members (excludes halogenated alkanes) is 3. The largest absolute Gasteiger partial charge is 0.469 e. The molecule has 0 spiro atoms. The van der Waals surface area contributed by atoms with Crippen molar-refractivity contribution in [2.75, 3.05) is 7.11 Å². The second-order valence-electron chi connectivity index (χ2n) is 8.29. The number of ether oxygens (including phenoxy) is 1. The predicted molar refractivity (Wildman–Crippen MR) is 99.4 cm³/mol. The molecule has 0 aliphatic heterocycles. The maximum absolute atomic E-state index is 12.2. The smallest absolute Gasteiger partial charge is 0.305 e. The molecular formula is C21H34O5. The third kappa shape index (κ3) is 5.40. The molecule has 0 saturated heterocycles. The highest BCUT2D eigenvalue weighted by atomic mass is 16.5. The monoisotopic (exact) mass is 366 g/mol. The predicted octanol–water partition coefficient (Wildman–Crippen LogP) is 3.17. The van der Waals surface area contributed by atoms with E-state index in [0.717, 1.165) is 51.4 Å². The van der Waals surface area contributed by atoms with E-state index in [0.29, 0.717) is 6.42 Å². The zero-order chi connectivity index (χ0) is 19.2. The second-order valence-corrected chi connectivity index (χ2v) is 8.29. The van der Waals surface area contributed by atoms with E-state index in [1.54, 1.807) is 6.08 Å². The lowest BCUT2D eigenvalue weighted by Crippen LogP contribution is -2.37. The normalized spacial score (nSPS) is 28.9. The fourth-order valence-corrected chi connectivity index (χ4v) is 4.18. The van der Waals surface area contributed by atoms with Crippen LogP contribution in [0.4, 0.5) is 0 Å². The van der Waals surface area contributed by atoms with E-state index in [9.17, 15) is 19.8 Å². The molecule has 0 aromatic rings. The SMILES string of the molecule is COC(=O)CCCCCC[C@H]1C(=O)C[C@@H](O)[C@@H]1/C=C/[C@@H](O)C1(C)CCC1. The van der Waals surface area contributed by atoms with Gasteiger partial charge in [-0.05, 0) is 31.1 Å². The number of aliphatic hydroxyl groups excluding tert-OH is 2. The van der Waals surface area contributed by atoms with Crippen LogP contribution in [0.3, 0.4) is 0 Å². The summed E-state index contributed by atoms with van der Waals surface area (Å²) in [6.45, 7) is 2.09. The Balaban J connectivity index is 1.78. The van der Waals surface area contributed by atoms with Crippen LogP contribution < -0.4 is 0 Å². The molecule has 2 fully saturated rings. The molecule has 2 N–H and O–H groups in total. The number of carbonyl (C=O) groups is 2. The fourth-order valence-electron chi connectivity index (χ4n) is 4.18. The number of ketones is 1. The van der Waals surface area contributed by atoms with Crippen molar-refractivity contribution in [3.8, 4) is 0 Å². The van der Waals surface area contributed by atoms with Gasteiger partial charge in [-0.1, -0.05) is 44.8 Å². The number of Topliss-reactive ketones (excluding diaryl/α,β-unsaturated/α-hetero) is 1. The Kier molecular flexibility index (Phi) is 7.84. The maximum atomic E-state index is 12.2. The average Bonchev–Trinajstić information content (AvgIpc) is 2.86. The van der Waals surface area contributed by atoms with Gasteiger partial charge in [0.25, 0.3) is 0 Å². The molecule has 2 saturated carbocycles. The number of hydrogen-bond donors (Lipinski definition) is 2. The Labute approximate surface area is 156 Å².